The number of piperidine rings is 1. The summed E-state index contributed by atoms with van der Waals surface area (Å²) < 4.78 is 10.5. The predicted molar refractivity (Wildman–Crippen MR) is 100 cm³/mol. The van der Waals surface area contributed by atoms with Crippen molar-refractivity contribution in [3.63, 3.8) is 0 Å². The number of rotatable bonds is 6. The first-order valence-corrected chi connectivity index (χ1v) is 9.89. The zero-order chi connectivity index (χ0) is 18.6. The zero-order valence-corrected chi connectivity index (χ0v) is 15.9. The van der Waals surface area contributed by atoms with Crippen molar-refractivity contribution in [1.82, 2.24) is 15.0 Å². The van der Waals surface area contributed by atoms with Crippen LogP contribution in [0.1, 0.15) is 48.0 Å². The molecule has 1 amide bonds. The highest BCUT2D eigenvalue weighted by Gasteiger charge is 2.31. The van der Waals surface area contributed by atoms with E-state index in [1.807, 2.05) is 4.90 Å². The van der Waals surface area contributed by atoms with Crippen molar-refractivity contribution >= 4 is 5.91 Å². The Morgan fingerprint density at radius 2 is 2.07 bits per heavy atom. The molecule has 27 heavy (non-hydrogen) atoms. The van der Waals surface area contributed by atoms with Gasteiger partial charge < -0.3 is 14.2 Å². The standard InChI is InChI=1S/C21H27N3O3/c1-26-10-8-19-22-21(27-23-19)18-7-4-9-24(14-18)20(25)13-15-11-16-5-2-3-6-17(16)12-15/h2-3,5-6,15,18H,4,7-14H2,1H3. The average Bonchev–Trinajstić information content (AvgIpc) is 3.33. The summed E-state index contributed by atoms with van der Waals surface area (Å²) in [4.78, 5) is 19.4. The van der Waals surface area contributed by atoms with Gasteiger partial charge in [-0.05, 0) is 42.7 Å². The molecule has 0 saturated carbocycles. The third-order valence-corrected chi connectivity index (χ3v) is 5.74. The quantitative estimate of drug-likeness (QED) is 0.783. The van der Waals surface area contributed by atoms with Gasteiger partial charge in [-0.2, -0.15) is 4.98 Å². The molecule has 2 heterocycles. The van der Waals surface area contributed by atoms with Crippen LogP contribution in [-0.2, 0) is 28.8 Å². The maximum atomic E-state index is 12.9. The lowest BCUT2D eigenvalue weighted by Gasteiger charge is -2.31. The number of ether oxygens (including phenoxy) is 1. The van der Waals surface area contributed by atoms with E-state index < -0.39 is 0 Å². The molecule has 1 aromatic heterocycles. The van der Waals surface area contributed by atoms with E-state index in [2.05, 4.69) is 34.4 Å². The molecule has 1 fully saturated rings. The summed E-state index contributed by atoms with van der Waals surface area (Å²) in [6.07, 6.45) is 5.29. The Balaban J connectivity index is 1.33. The van der Waals surface area contributed by atoms with E-state index in [0.717, 1.165) is 32.2 Å². The molecule has 6 nitrogen and oxygen atoms in total. The van der Waals surface area contributed by atoms with Crippen molar-refractivity contribution in [2.45, 2.75) is 44.4 Å². The zero-order valence-electron chi connectivity index (χ0n) is 15.9. The van der Waals surface area contributed by atoms with Gasteiger partial charge >= 0.3 is 0 Å². The van der Waals surface area contributed by atoms with Crippen LogP contribution < -0.4 is 0 Å². The van der Waals surface area contributed by atoms with E-state index in [4.69, 9.17) is 9.26 Å². The Hall–Kier alpha value is -2.21. The van der Waals surface area contributed by atoms with Gasteiger partial charge in [0.05, 0.1) is 12.5 Å². The van der Waals surface area contributed by atoms with E-state index in [1.165, 1.54) is 11.1 Å². The molecular formula is C21H27N3O3. The van der Waals surface area contributed by atoms with Gasteiger partial charge in [0.25, 0.3) is 0 Å². The first kappa shape index (κ1) is 18.2. The molecule has 0 bridgehead atoms. The van der Waals surface area contributed by atoms with Gasteiger partial charge in [-0.15, -0.1) is 0 Å². The van der Waals surface area contributed by atoms with Crippen LogP contribution in [0.3, 0.4) is 0 Å². The maximum absolute atomic E-state index is 12.9. The molecule has 6 heteroatoms. The molecule has 0 radical (unpaired) electrons. The van der Waals surface area contributed by atoms with Crippen molar-refractivity contribution in [3.05, 3.63) is 47.1 Å². The Bertz CT molecular complexity index is 763. The summed E-state index contributed by atoms with van der Waals surface area (Å²) in [6, 6.07) is 8.55. The maximum Gasteiger partial charge on any atom is 0.231 e. The van der Waals surface area contributed by atoms with Gasteiger partial charge in [0.2, 0.25) is 11.8 Å². The smallest absolute Gasteiger partial charge is 0.231 e. The van der Waals surface area contributed by atoms with Crippen molar-refractivity contribution in [1.29, 1.82) is 0 Å². The highest BCUT2D eigenvalue weighted by atomic mass is 16.5. The molecule has 1 aromatic carbocycles. The molecule has 1 saturated heterocycles. The van der Waals surface area contributed by atoms with E-state index in [9.17, 15) is 4.79 Å². The fourth-order valence-corrected chi connectivity index (χ4v) is 4.30. The first-order valence-electron chi connectivity index (χ1n) is 9.89. The summed E-state index contributed by atoms with van der Waals surface area (Å²) in [5.41, 5.74) is 2.81. The Labute approximate surface area is 159 Å². The summed E-state index contributed by atoms with van der Waals surface area (Å²) in [5.74, 6) is 2.18. The SMILES string of the molecule is COCCc1noc(C2CCCN(C(=O)CC3Cc4ccccc4C3)C2)n1. The van der Waals surface area contributed by atoms with E-state index in [-0.39, 0.29) is 11.8 Å². The highest BCUT2D eigenvalue weighted by Crippen LogP contribution is 2.31. The lowest BCUT2D eigenvalue weighted by atomic mass is 9.96. The molecule has 144 valence electrons. The van der Waals surface area contributed by atoms with Crippen LogP contribution in [0.2, 0.25) is 0 Å². The Kier molecular flexibility index (Phi) is 5.53. The third-order valence-electron chi connectivity index (χ3n) is 5.74. The number of methoxy groups -OCH3 is 1. The summed E-state index contributed by atoms with van der Waals surface area (Å²) in [5, 5.41) is 4.04. The summed E-state index contributed by atoms with van der Waals surface area (Å²) in [6.45, 7) is 2.10. The number of hydrogen-bond donors (Lipinski definition) is 0. The number of aromatic nitrogens is 2. The van der Waals surface area contributed by atoms with Crippen molar-refractivity contribution in [2.24, 2.45) is 5.92 Å². The fraction of sp³-hybridized carbons (Fsp3) is 0.571. The third kappa shape index (κ3) is 4.21. The fourth-order valence-electron chi connectivity index (χ4n) is 4.30. The minimum atomic E-state index is 0.146. The van der Waals surface area contributed by atoms with E-state index in [0.29, 0.717) is 43.6 Å². The van der Waals surface area contributed by atoms with Gasteiger partial charge in [0.1, 0.15) is 0 Å². The number of fused-ring (bicyclic) bond motifs is 1. The van der Waals surface area contributed by atoms with Gasteiger partial charge in [-0.3, -0.25) is 4.79 Å². The normalized spacial score (nSPS) is 20.0. The predicted octanol–water partition coefficient (Wildman–Crippen LogP) is 2.77. The number of likely N-dealkylation sites (tertiary alicyclic amines) is 1. The monoisotopic (exact) mass is 369 g/mol. The summed E-state index contributed by atoms with van der Waals surface area (Å²) >= 11 is 0. The molecule has 4 rings (SSSR count). The van der Waals surface area contributed by atoms with Crippen molar-refractivity contribution < 1.29 is 14.1 Å². The lowest BCUT2D eigenvalue weighted by molar-refractivity contribution is -0.133. The van der Waals surface area contributed by atoms with Gasteiger partial charge in [-0.25, -0.2) is 0 Å². The molecular weight excluding hydrogens is 342 g/mol. The molecule has 1 aliphatic heterocycles. The van der Waals surface area contributed by atoms with E-state index in [1.54, 1.807) is 7.11 Å². The van der Waals surface area contributed by atoms with Crippen LogP contribution in [0.5, 0.6) is 0 Å². The van der Waals surface area contributed by atoms with Crippen LogP contribution in [0.15, 0.2) is 28.8 Å². The summed E-state index contributed by atoms with van der Waals surface area (Å²) in [7, 11) is 1.66. The number of carbonyl (C=O) groups excluding carboxylic acids is 1. The Morgan fingerprint density at radius 3 is 2.81 bits per heavy atom. The van der Waals surface area contributed by atoms with Crippen LogP contribution >= 0.6 is 0 Å². The van der Waals surface area contributed by atoms with Crippen LogP contribution in [0.25, 0.3) is 0 Å². The van der Waals surface area contributed by atoms with Crippen LogP contribution in [-0.4, -0.2) is 47.8 Å². The second-order valence-electron chi connectivity index (χ2n) is 7.72. The second kappa shape index (κ2) is 8.21. The second-order valence-corrected chi connectivity index (χ2v) is 7.72. The minimum absolute atomic E-state index is 0.146. The number of nitrogens with zero attached hydrogens (tertiary/aromatic N) is 3. The molecule has 1 aliphatic carbocycles. The molecule has 0 spiro atoms. The average molecular weight is 369 g/mol. The molecule has 2 aliphatic rings. The number of benzene rings is 1. The molecule has 1 unspecified atom stereocenters. The largest absolute Gasteiger partial charge is 0.384 e. The Morgan fingerprint density at radius 1 is 1.30 bits per heavy atom. The topological polar surface area (TPSA) is 68.5 Å². The number of carbonyl (C=O) groups is 1. The van der Waals surface area contributed by atoms with Gasteiger partial charge in [-0.1, -0.05) is 29.4 Å². The van der Waals surface area contributed by atoms with Crippen molar-refractivity contribution in [3.8, 4) is 0 Å². The van der Waals surface area contributed by atoms with E-state index >= 15 is 0 Å². The molecule has 0 N–H and O–H groups in total. The lowest BCUT2D eigenvalue weighted by Crippen LogP contribution is -2.40. The van der Waals surface area contributed by atoms with Crippen molar-refractivity contribution in [2.75, 3.05) is 26.8 Å². The molecule has 1 atom stereocenters. The van der Waals surface area contributed by atoms with Crippen LogP contribution in [0.4, 0.5) is 0 Å². The highest BCUT2D eigenvalue weighted by molar-refractivity contribution is 5.76. The number of hydrogen-bond acceptors (Lipinski definition) is 5. The van der Waals surface area contributed by atoms with Crippen LogP contribution in [0, 0.1) is 5.92 Å². The number of amides is 1. The van der Waals surface area contributed by atoms with Gasteiger partial charge in [0, 0.05) is 33.0 Å². The molecule has 2 aromatic rings. The minimum Gasteiger partial charge on any atom is -0.384 e. The first-order chi connectivity index (χ1) is 13.2. The van der Waals surface area contributed by atoms with Gasteiger partial charge in [0.15, 0.2) is 5.82 Å².